The van der Waals surface area contributed by atoms with Crippen molar-refractivity contribution >= 4 is 27.5 Å². The second kappa shape index (κ2) is 7.28. The Morgan fingerprint density at radius 1 is 1.43 bits per heavy atom. The van der Waals surface area contributed by atoms with Gasteiger partial charge in [-0.3, -0.25) is 4.79 Å². The Bertz CT molecular complexity index is 598. The lowest BCUT2D eigenvalue weighted by Crippen LogP contribution is -2.33. The summed E-state index contributed by atoms with van der Waals surface area (Å²) >= 11 is 3.45. The van der Waals surface area contributed by atoms with Crippen molar-refractivity contribution in [2.24, 2.45) is 0 Å². The molecule has 2 N–H and O–H groups in total. The van der Waals surface area contributed by atoms with Gasteiger partial charge >= 0.3 is 0 Å². The Kier molecular flexibility index (Phi) is 5.40. The third-order valence-corrected chi connectivity index (χ3v) is 4.21. The summed E-state index contributed by atoms with van der Waals surface area (Å²) in [6.45, 7) is 2.00. The molecule has 1 amide bonds. The number of aryl methyl sites for hydroxylation is 1. The van der Waals surface area contributed by atoms with E-state index in [2.05, 4.69) is 26.6 Å². The van der Waals surface area contributed by atoms with Gasteiger partial charge in [-0.25, -0.2) is 0 Å². The van der Waals surface area contributed by atoms with Crippen LogP contribution in [0.15, 0.2) is 34.4 Å². The topological polar surface area (TPSA) is 64.9 Å². The zero-order valence-electron chi connectivity index (χ0n) is 11.9. The second-order valence-corrected chi connectivity index (χ2v) is 6.11. The fourth-order valence-electron chi connectivity index (χ4n) is 2.37. The summed E-state index contributed by atoms with van der Waals surface area (Å²) in [4.78, 5) is 12.0. The van der Waals surface area contributed by atoms with Crippen LogP contribution < -0.4 is 10.6 Å². The Morgan fingerprint density at radius 3 is 2.76 bits per heavy atom. The average Bonchev–Trinajstić information content (AvgIpc) is 2.94. The molecule has 0 aromatic heterocycles. The molecule has 0 unspecified atom stereocenters. The van der Waals surface area contributed by atoms with E-state index in [4.69, 9.17) is 5.26 Å². The largest absolute Gasteiger partial charge is 0.359 e. The predicted octanol–water partition coefficient (Wildman–Crippen LogP) is 3.64. The monoisotopic (exact) mass is 347 g/mol. The standard InChI is InChI=1S/C16H18BrN3O/c1-11-6-7-15(14(17)8-11)19-10-12(9-18)16(21)20-13-4-2-3-5-13/h6-8,10,13,19H,2-5H2,1H3,(H,20,21)/b12-10-. The van der Waals surface area contributed by atoms with E-state index >= 15 is 0 Å². The first-order valence-corrected chi connectivity index (χ1v) is 7.83. The molecule has 0 atom stereocenters. The second-order valence-electron chi connectivity index (χ2n) is 5.25. The number of nitrogens with zero attached hydrogens (tertiary/aromatic N) is 1. The van der Waals surface area contributed by atoms with Crippen molar-refractivity contribution in [3.8, 4) is 6.07 Å². The number of carbonyl (C=O) groups excluding carboxylic acids is 1. The number of carbonyl (C=O) groups is 1. The number of hydrogen-bond acceptors (Lipinski definition) is 3. The first-order chi connectivity index (χ1) is 10.1. The van der Waals surface area contributed by atoms with Crippen molar-refractivity contribution in [1.82, 2.24) is 5.32 Å². The van der Waals surface area contributed by atoms with Gasteiger partial charge in [0.1, 0.15) is 11.6 Å². The summed E-state index contributed by atoms with van der Waals surface area (Å²) in [5, 5.41) is 15.0. The molecule has 1 fully saturated rings. The smallest absolute Gasteiger partial charge is 0.263 e. The Labute approximate surface area is 133 Å². The molecule has 1 aliphatic carbocycles. The summed E-state index contributed by atoms with van der Waals surface area (Å²) in [5.41, 5.74) is 2.05. The van der Waals surface area contributed by atoms with E-state index in [1.165, 1.54) is 6.20 Å². The number of anilines is 1. The molecule has 110 valence electrons. The van der Waals surface area contributed by atoms with Gasteiger partial charge in [0.05, 0.1) is 5.69 Å². The highest BCUT2D eigenvalue weighted by molar-refractivity contribution is 9.10. The van der Waals surface area contributed by atoms with E-state index in [1.54, 1.807) is 0 Å². The number of amides is 1. The van der Waals surface area contributed by atoms with Gasteiger partial charge in [0.15, 0.2) is 0 Å². The van der Waals surface area contributed by atoms with Gasteiger partial charge in [-0.15, -0.1) is 0 Å². The van der Waals surface area contributed by atoms with Crippen LogP contribution in [-0.2, 0) is 4.79 Å². The molecule has 1 aromatic carbocycles. The van der Waals surface area contributed by atoms with Crippen LogP contribution in [0.2, 0.25) is 0 Å². The summed E-state index contributed by atoms with van der Waals surface area (Å²) in [5.74, 6) is -0.305. The summed E-state index contributed by atoms with van der Waals surface area (Å²) < 4.78 is 0.896. The van der Waals surface area contributed by atoms with Gasteiger partial charge < -0.3 is 10.6 Å². The maximum Gasteiger partial charge on any atom is 0.263 e. The Balaban J connectivity index is 2.02. The molecular weight excluding hydrogens is 330 g/mol. The Morgan fingerprint density at radius 2 is 2.14 bits per heavy atom. The van der Waals surface area contributed by atoms with Crippen LogP contribution >= 0.6 is 15.9 Å². The van der Waals surface area contributed by atoms with Gasteiger partial charge in [-0.2, -0.15) is 5.26 Å². The van der Waals surface area contributed by atoms with E-state index < -0.39 is 0 Å². The highest BCUT2D eigenvalue weighted by Crippen LogP contribution is 2.23. The summed E-state index contributed by atoms with van der Waals surface area (Å²) in [6.07, 6.45) is 5.75. The molecule has 0 bridgehead atoms. The third kappa shape index (κ3) is 4.33. The number of benzene rings is 1. The molecule has 0 aliphatic heterocycles. The molecule has 21 heavy (non-hydrogen) atoms. The van der Waals surface area contributed by atoms with E-state index in [-0.39, 0.29) is 17.5 Å². The van der Waals surface area contributed by atoms with Crippen molar-refractivity contribution < 1.29 is 4.79 Å². The zero-order valence-corrected chi connectivity index (χ0v) is 13.5. The van der Waals surface area contributed by atoms with Crippen LogP contribution in [0, 0.1) is 18.3 Å². The first-order valence-electron chi connectivity index (χ1n) is 7.04. The molecule has 4 nitrogen and oxygen atoms in total. The van der Waals surface area contributed by atoms with E-state index in [0.717, 1.165) is 41.4 Å². The van der Waals surface area contributed by atoms with Gasteiger partial charge in [0, 0.05) is 16.7 Å². The van der Waals surface area contributed by atoms with Crippen LogP contribution in [0.5, 0.6) is 0 Å². The molecule has 0 radical (unpaired) electrons. The van der Waals surface area contributed by atoms with Gasteiger partial charge in [-0.05, 0) is 53.4 Å². The summed E-state index contributed by atoms with van der Waals surface area (Å²) in [7, 11) is 0. The van der Waals surface area contributed by atoms with Gasteiger partial charge in [-0.1, -0.05) is 18.9 Å². The fourth-order valence-corrected chi connectivity index (χ4v) is 2.98. The maximum absolute atomic E-state index is 12.0. The number of rotatable bonds is 4. The zero-order chi connectivity index (χ0) is 15.2. The molecule has 0 heterocycles. The Hall–Kier alpha value is -1.80. The minimum Gasteiger partial charge on any atom is -0.359 e. The quantitative estimate of drug-likeness (QED) is 0.645. The van der Waals surface area contributed by atoms with Gasteiger partial charge in [0.2, 0.25) is 0 Å². The molecule has 0 saturated heterocycles. The molecule has 2 rings (SSSR count). The number of nitrogens with one attached hydrogen (secondary N) is 2. The van der Waals surface area contributed by atoms with E-state index in [1.807, 2.05) is 31.2 Å². The highest BCUT2D eigenvalue weighted by atomic mass is 79.9. The SMILES string of the molecule is Cc1ccc(N/C=C(/C#N)C(=O)NC2CCCC2)c(Br)c1. The molecule has 1 aromatic rings. The van der Waals surface area contributed by atoms with Crippen LogP contribution in [0.1, 0.15) is 31.2 Å². The normalized spacial score (nSPS) is 15.6. The van der Waals surface area contributed by atoms with Crippen LogP contribution in [-0.4, -0.2) is 11.9 Å². The molecule has 5 heteroatoms. The number of halogens is 1. The number of nitriles is 1. The van der Waals surface area contributed by atoms with Crippen molar-refractivity contribution in [2.45, 2.75) is 38.6 Å². The van der Waals surface area contributed by atoms with Crippen molar-refractivity contribution in [3.05, 3.63) is 40.0 Å². The van der Waals surface area contributed by atoms with Crippen LogP contribution in [0.25, 0.3) is 0 Å². The van der Waals surface area contributed by atoms with Gasteiger partial charge in [0.25, 0.3) is 5.91 Å². The fraction of sp³-hybridized carbons (Fsp3) is 0.375. The van der Waals surface area contributed by atoms with Crippen molar-refractivity contribution in [2.75, 3.05) is 5.32 Å². The molecular formula is C16H18BrN3O. The molecule has 1 aliphatic rings. The highest BCUT2D eigenvalue weighted by Gasteiger charge is 2.19. The predicted molar refractivity (Wildman–Crippen MR) is 86.6 cm³/mol. The third-order valence-electron chi connectivity index (χ3n) is 3.55. The van der Waals surface area contributed by atoms with Crippen molar-refractivity contribution in [1.29, 1.82) is 5.26 Å². The molecule has 1 saturated carbocycles. The minimum atomic E-state index is -0.305. The summed E-state index contributed by atoms with van der Waals surface area (Å²) in [6, 6.07) is 8.00. The van der Waals surface area contributed by atoms with Crippen molar-refractivity contribution in [3.63, 3.8) is 0 Å². The van der Waals surface area contributed by atoms with E-state index in [0.29, 0.717) is 0 Å². The minimum absolute atomic E-state index is 0.0920. The molecule has 0 spiro atoms. The maximum atomic E-state index is 12.0. The lowest BCUT2D eigenvalue weighted by molar-refractivity contribution is -0.117. The average molecular weight is 348 g/mol. The van der Waals surface area contributed by atoms with E-state index in [9.17, 15) is 4.79 Å². The lowest BCUT2D eigenvalue weighted by atomic mass is 10.2. The number of hydrogen-bond donors (Lipinski definition) is 2. The first kappa shape index (κ1) is 15.6. The van der Waals surface area contributed by atoms with Crippen LogP contribution in [0.3, 0.4) is 0 Å². The van der Waals surface area contributed by atoms with Crippen LogP contribution in [0.4, 0.5) is 5.69 Å². The lowest BCUT2D eigenvalue weighted by Gasteiger charge is -2.11.